The van der Waals surface area contributed by atoms with Crippen LogP contribution in [0.1, 0.15) is 149 Å². The Labute approximate surface area is 193 Å². The number of carbonyl (C=O) groups excluding carboxylic acids is 2. The van der Waals surface area contributed by atoms with Gasteiger partial charge in [-0.2, -0.15) is 0 Å². The van der Waals surface area contributed by atoms with Crippen LogP contribution in [0.4, 0.5) is 0 Å². The van der Waals surface area contributed by atoms with E-state index in [0.29, 0.717) is 19.4 Å². The van der Waals surface area contributed by atoms with Gasteiger partial charge in [-0.15, -0.1) is 0 Å². The summed E-state index contributed by atoms with van der Waals surface area (Å²) in [5, 5.41) is 0. The van der Waals surface area contributed by atoms with Gasteiger partial charge in [0.05, 0.1) is 12.7 Å². The number of ether oxygens (including phenoxy) is 2. The van der Waals surface area contributed by atoms with Crippen molar-refractivity contribution in [3.63, 3.8) is 0 Å². The van der Waals surface area contributed by atoms with E-state index < -0.39 is 0 Å². The first-order valence-electron chi connectivity index (χ1n) is 13.4. The van der Waals surface area contributed by atoms with Gasteiger partial charge in [-0.1, -0.05) is 97.3 Å². The second kappa shape index (κ2) is 23.6. The second-order valence-electron chi connectivity index (χ2n) is 9.11. The van der Waals surface area contributed by atoms with Gasteiger partial charge in [0.25, 0.3) is 0 Å². The third kappa shape index (κ3) is 23.4. The molecule has 0 aromatic rings. The maximum absolute atomic E-state index is 11.9. The number of carbonyl (C=O) groups is 2. The van der Waals surface area contributed by atoms with E-state index in [-0.39, 0.29) is 18.0 Å². The Morgan fingerprint density at radius 3 is 1.61 bits per heavy atom. The maximum Gasteiger partial charge on any atom is 0.306 e. The zero-order chi connectivity index (χ0) is 23.0. The molecule has 0 aromatic carbocycles. The summed E-state index contributed by atoms with van der Waals surface area (Å²) in [6.45, 7) is 7.03. The van der Waals surface area contributed by atoms with Crippen molar-refractivity contribution >= 4 is 11.9 Å². The molecule has 0 spiro atoms. The van der Waals surface area contributed by atoms with E-state index in [2.05, 4.69) is 13.8 Å². The summed E-state index contributed by atoms with van der Waals surface area (Å²) < 4.78 is 10.8. The molecule has 0 aromatic heterocycles. The summed E-state index contributed by atoms with van der Waals surface area (Å²) in [5.74, 6) is -0.0933. The molecule has 184 valence electrons. The lowest BCUT2D eigenvalue weighted by Crippen LogP contribution is -2.14. The summed E-state index contributed by atoms with van der Waals surface area (Å²) >= 11 is 0. The quantitative estimate of drug-likeness (QED) is 0.118. The number of hydrogen-bond donors (Lipinski definition) is 0. The smallest absolute Gasteiger partial charge is 0.306 e. The Morgan fingerprint density at radius 1 is 0.581 bits per heavy atom. The minimum Gasteiger partial charge on any atom is -0.466 e. The highest BCUT2D eigenvalue weighted by atomic mass is 16.5. The Morgan fingerprint density at radius 2 is 1.03 bits per heavy atom. The molecule has 31 heavy (non-hydrogen) atoms. The molecule has 4 heteroatoms. The summed E-state index contributed by atoms with van der Waals surface area (Å²) in [5.41, 5.74) is 0. The molecule has 0 aliphatic rings. The van der Waals surface area contributed by atoms with Crippen molar-refractivity contribution < 1.29 is 19.1 Å². The van der Waals surface area contributed by atoms with E-state index in [1.165, 1.54) is 51.4 Å². The lowest BCUT2D eigenvalue weighted by molar-refractivity contribution is -0.148. The summed E-state index contributed by atoms with van der Waals surface area (Å²) in [6, 6.07) is 0. The van der Waals surface area contributed by atoms with Crippen LogP contribution in [0.15, 0.2) is 0 Å². The molecule has 0 saturated heterocycles. The molecule has 0 amide bonds. The molecule has 1 unspecified atom stereocenters. The van der Waals surface area contributed by atoms with Gasteiger partial charge in [-0.25, -0.2) is 0 Å². The molecule has 0 radical (unpaired) electrons. The normalized spacial score (nSPS) is 12.0. The zero-order valence-corrected chi connectivity index (χ0v) is 21.1. The van der Waals surface area contributed by atoms with Crippen LogP contribution >= 0.6 is 0 Å². The number of esters is 2. The predicted molar refractivity (Wildman–Crippen MR) is 130 cm³/mol. The monoisotopic (exact) mass is 440 g/mol. The van der Waals surface area contributed by atoms with E-state index in [9.17, 15) is 9.59 Å². The van der Waals surface area contributed by atoms with Crippen molar-refractivity contribution in [3.8, 4) is 0 Å². The standard InChI is InChI=1S/C27H52O4/c1-4-6-8-10-13-17-21-25(3)31-27(29)23-19-15-12-11-14-18-22-26(28)30-24-20-16-9-7-5-2/h25H,4-24H2,1-3H3. The van der Waals surface area contributed by atoms with Gasteiger partial charge in [-0.05, 0) is 39.0 Å². The van der Waals surface area contributed by atoms with E-state index in [4.69, 9.17) is 9.47 Å². The van der Waals surface area contributed by atoms with Crippen LogP contribution in [0.3, 0.4) is 0 Å². The summed E-state index contributed by atoms with van der Waals surface area (Å²) in [4.78, 5) is 23.6. The molecule has 0 saturated carbocycles. The average molecular weight is 441 g/mol. The Balaban J connectivity index is 3.38. The predicted octanol–water partition coefficient (Wildman–Crippen LogP) is 8.30. The van der Waals surface area contributed by atoms with Crippen LogP contribution in [-0.4, -0.2) is 24.6 Å². The van der Waals surface area contributed by atoms with Crippen molar-refractivity contribution in [2.75, 3.05) is 6.61 Å². The van der Waals surface area contributed by atoms with Gasteiger partial charge in [0.2, 0.25) is 0 Å². The van der Waals surface area contributed by atoms with Crippen molar-refractivity contribution in [1.29, 1.82) is 0 Å². The summed E-state index contributed by atoms with van der Waals surface area (Å²) in [7, 11) is 0. The van der Waals surface area contributed by atoms with E-state index in [1.807, 2.05) is 6.92 Å². The zero-order valence-electron chi connectivity index (χ0n) is 21.1. The first kappa shape index (κ1) is 29.9. The SMILES string of the molecule is CCCCCCCCC(C)OC(=O)CCCCCCCCC(=O)OCCCCCCC. The Bertz CT molecular complexity index is 408. The van der Waals surface area contributed by atoms with Gasteiger partial charge < -0.3 is 9.47 Å². The van der Waals surface area contributed by atoms with Gasteiger partial charge in [0, 0.05) is 12.8 Å². The maximum atomic E-state index is 11.9. The van der Waals surface area contributed by atoms with Gasteiger partial charge >= 0.3 is 11.9 Å². The molecule has 0 heterocycles. The fourth-order valence-corrected chi connectivity index (χ4v) is 3.76. The Kier molecular flexibility index (Phi) is 22.8. The highest BCUT2D eigenvalue weighted by molar-refractivity contribution is 5.69. The number of rotatable bonds is 23. The topological polar surface area (TPSA) is 52.6 Å². The van der Waals surface area contributed by atoms with Crippen LogP contribution in [0.25, 0.3) is 0 Å². The van der Waals surface area contributed by atoms with Crippen LogP contribution in [0, 0.1) is 0 Å². The fraction of sp³-hybridized carbons (Fsp3) is 0.926. The second-order valence-corrected chi connectivity index (χ2v) is 9.11. The number of hydrogen-bond acceptors (Lipinski definition) is 4. The van der Waals surface area contributed by atoms with Crippen LogP contribution in [0.2, 0.25) is 0 Å². The lowest BCUT2D eigenvalue weighted by Gasteiger charge is -2.13. The summed E-state index contributed by atoms with van der Waals surface area (Å²) in [6.07, 6.45) is 21.8. The van der Waals surface area contributed by atoms with Crippen molar-refractivity contribution in [2.24, 2.45) is 0 Å². The molecular weight excluding hydrogens is 388 g/mol. The van der Waals surface area contributed by atoms with Crippen molar-refractivity contribution in [2.45, 2.75) is 155 Å². The van der Waals surface area contributed by atoms with E-state index in [1.54, 1.807) is 0 Å². The van der Waals surface area contributed by atoms with E-state index in [0.717, 1.165) is 64.2 Å². The largest absolute Gasteiger partial charge is 0.466 e. The van der Waals surface area contributed by atoms with Gasteiger partial charge in [0.15, 0.2) is 0 Å². The molecule has 0 rings (SSSR count). The molecule has 4 nitrogen and oxygen atoms in total. The highest BCUT2D eigenvalue weighted by Gasteiger charge is 2.09. The van der Waals surface area contributed by atoms with Crippen LogP contribution in [0.5, 0.6) is 0 Å². The molecule has 0 aliphatic carbocycles. The lowest BCUT2D eigenvalue weighted by atomic mass is 10.1. The van der Waals surface area contributed by atoms with Crippen molar-refractivity contribution in [3.05, 3.63) is 0 Å². The van der Waals surface area contributed by atoms with E-state index >= 15 is 0 Å². The first-order valence-corrected chi connectivity index (χ1v) is 13.4. The minimum absolute atomic E-state index is 0.0454. The third-order valence-corrected chi connectivity index (χ3v) is 5.82. The van der Waals surface area contributed by atoms with Crippen LogP contribution in [-0.2, 0) is 19.1 Å². The van der Waals surface area contributed by atoms with Gasteiger partial charge in [0.1, 0.15) is 0 Å². The minimum atomic E-state index is -0.0479. The number of unbranched alkanes of at least 4 members (excludes halogenated alkanes) is 14. The highest BCUT2D eigenvalue weighted by Crippen LogP contribution is 2.13. The van der Waals surface area contributed by atoms with Crippen molar-refractivity contribution in [1.82, 2.24) is 0 Å². The third-order valence-electron chi connectivity index (χ3n) is 5.82. The molecule has 0 N–H and O–H groups in total. The average Bonchev–Trinajstić information content (AvgIpc) is 2.75. The molecule has 0 bridgehead atoms. The van der Waals surface area contributed by atoms with Gasteiger partial charge in [-0.3, -0.25) is 9.59 Å². The van der Waals surface area contributed by atoms with Crippen LogP contribution < -0.4 is 0 Å². The first-order chi connectivity index (χ1) is 15.1. The molecule has 1 atom stereocenters. The molecular formula is C27H52O4. The molecule has 0 fully saturated rings. The molecule has 0 aliphatic heterocycles. The fourth-order valence-electron chi connectivity index (χ4n) is 3.76. The Hall–Kier alpha value is -1.06.